The van der Waals surface area contributed by atoms with Gasteiger partial charge in [0.25, 0.3) is 11.8 Å². The van der Waals surface area contributed by atoms with E-state index in [1.165, 1.54) is 54.5 Å². The number of alkyl halides is 6. The van der Waals surface area contributed by atoms with E-state index >= 15 is 0 Å². The van der Waals surface area contributed by atoms with Crippen molar-refractivity contribution < 1.29 is 93.1 Å². The molecule has 6 aliphatic rings. The number of carbonyl (C=O) groups is 6. The molecular weight excluding hydrogens is 1340 g/mol. The number of esters is 1. The van der Waals surface area contributed by atoms with Crippen molar-refractivity contribution in [2.45, 2.75) is 146 Å². The van der Waals surface area contributed by atoms with E-state index in [1.54, 1.807) is 21.6 Å². The minimum Gasteiger partial charge on any atom is -0.507 e. The number of phenolic OH excluding ortho intramolecular Hbond substituents is 1. The maximum atomic E-state index is 14.8. The molecule has 4 aromatic rings. The number of rotatable bonds is 16. The first-order chi connectivity index (χ1) is 40.2. The third-order valence-corrected chi connectivity index (χ3v) is 15.6. The van der Waals surface area contributed by atoms with Gasteiger partial charge in [0.1, 0.15) is 34.6 Å². The van der Waals surface area contributed by atoms with Crippen molar-refractivity contribution in [3.05, 3.63) is 107 Å². The number of carboxylic acid groups (broad SMARTS) is 1. The SMILES string of the molecule is BrB(Br)Br.CCOC(=O)CCC(=O)N(C1CC1)[C@H]1c2cc(F)ccc2N(C(=O)c2ccc(OC(F)(F)F)cc2OC)[C@H]2CCC[C@H]21.O=C(O)CCC(=O)N(C1CC1)[C@H]1c2cc(F)ccc2N(C(=O)c2ccc(OC(F)(F)F)cc2O)[C@H]2CCC[C@H]21. The van der Waals surface area contributed by atoms with Crippen LogP contribution in [0.2, 0.25) is 0 Å². The Hall–Kier alpha value is -6.16. The van der Waals surface area contributed by atoms with Gasteiger partial charge in [0, 0.05) is 83.5 Å². The average Bonchev–Trinajstić information content (AvgIpc) is 1.76. The van der Waals surface area contributed by atoms with Gasteiger partial charge >= 0.3 is 27.8 Å². The summed E-state index contributed by atoms with van der Waals surface area (Å²) in [5, 5.41) is 19.6. The van der Waals surface area contributed by atoms with Crippen molar-refractivity contribution in [2.75, 3.05) is 23.5 Å². The standard InChI is InChI=1S/C30H32F4N2O6.C27H26F4N2O6.BBr3/c1-3-41-27(38)14-13-26(37)35(18-8-9-18)28-20-5-4-6-23(20)36(24-12-7-17(31)15-22(24)28)29(39)21-11-10-19(16-25(21)40-2)42-30(32,33)34;28-14-4-9-21-19(12-14)25(32(15-5-6-15)23(35)10-11-24(36)37)17-2-1-3-20(17)33(21)26(38)18-8-7-16(13-22(18)34)39-27(29,30)31;2-1(3)4/h7,10-12,15-16,18,20,23,28H,3-6,8-9,13-14H2,1-2H3;4,7-9,12-13,15,17,20,25,34H,1-3,5-6,10-11H2,(H,36,37);/t20-,23+,28-;17-,20+,25-;/m11./s1. The molecule has 16 nitrogen and oxygen atoms in total. The smallest absolute Gasteiger partial charge is 0.507 e. The number of carbonyl (C=O) groups excluding carboxylic acids is 5. The monoisotopic (exact) mass is 1390 g/mol. The fraction of sp³-hybridized carbons (Fsp3) is 0.474. The Morgan fingerprint density at radius 3 is 1.46 bits per heavy atom. The Labute approximate surface area is 508 Å². The Kier molecular flexibility index (Phi) is 20.8. The van der Waals surface area contributed by atoms with Crippen LogP contribution in [0.3, 0.4) is 0 Å². The molecule has 0 spiro atoms. The summed E-state index contributed by atoms with van der Waals surface area (Å²) in [5.41, 5.74) is 1.42. The van der Waals surface area contributed by atoms with E-state index in [2.05, 4.69) is 56.7 Å². The van der Waals surface area contributed by atoms with Gasteiger partial charge in [-0.2, -0.15) is 0 Å². The highest BCUT2D eigenvalue weighted by Gasteiger charge is 2.54. The number of aliphatic carboxylic acids is 1. The first-order valence-corrected chi connectivity index (χ1v) is 30.1. The molecule has 4 amide bonds. The molecule has 4 saturated carbocycles. The van der Waals surface area contributed by atoms with E-state index < -0.39 is 83.5 Å². The molecule has 0 radical (unpaired) electrons. The number of carboxylic acids is 1. The van der Waals surface area contributed by atoms with Crippen LogP contribution in [-0.4, -0.2) is 109 Å². The number of ether oxygens (including phenoxy) is 4. The first kappa shape index (κ1) is 64.8. The predicted octanol–water partition coefficient (Wildman–Crippen LogP) is 13.2. The van der Waals surface area contributed by atoms with Crippen molar-refractivity contribution in [1.82, 2.24) is 9.80 Å². The fourth-order valence-corrected chi connectivity index (χ4v) is 12.3. The number of methoxy groups -OCH3 is 1. The predicted molar refractivity (Wildman–Crippen MR) is 304 cm³/mol. The van der Waals surface area contributed by atoms with Crippen LogP contribution in [0, 0.1) is 23.5 Å². The van der Waals surface area contributed by atoms with Gasteiger partial charge < -0.3 is 48.8 Å². The highest BCUT2D eigenvalue weighted by atomic mass is 79.9. The second kappa shape index (κ2) is 27.3. The Morgan fingerprint density at radius 1 is 0.612 bits per heavy atom. The molecule has 2 aliphatic heterocycles. The lowest BCUT2D eigenvalue weighted by Crippen LogP contribution is -2.53. The van der Waals surface area contributed by atoms with Crippen molar-refractivity contribution in [3.63, 3.8) is 0 Å². The maximum Gasteiger partial charge on any atom is 0.573 e. The number of aromatic hydroxyl groups is 1. The lowest BCUT2D eigenvalue weighted by molar-refractivity contribution is -0.275. The summed E-state index contributed by atoms with van der Waals surface area (Å²) >= 11 is 9.31. The lowest BCUT2D eigenvalue weighted by Gasteiger charge is -2.48. The number of fused-ring (bicyclic) bond motifs is 4. The van der Waals surface area contributed by atoms with Crippen LogP contribution >= 0.6 is 47.3 Å². The van der Waals surface area contributed by atoms with E-state index in [4.69, 9.17) is 14.6 Å². The zero-order valence-electron chi connectivity index (χ0n) is 45.7. The number of halogens is 11. The molecule has 0 saturated heterocycles. The number of hydrogen-bond donors (Lipinski definition) is 2. The second-order valence-corrected chi connectivity index (χ2v) is 27.6. The van der Waals surface area contributed by atoms with Gasteiger partial charge in [-0.15, -0.1) is 73.6 Å². The van der Waals surface area contributed by atoms with Gasteiger partial charge in [-0.3, -0.25) is 28.8 Å². The fourth-order valence-electron chi connectivity index (χ4n) is 12.3. The van der Waals surface area contributed by atoms with E-state index in [0.717, 1.165) is 56.4 Å². The Morgan fingerprint density at radius 2 is 1.05 bits per heavy atom. The summed E-state index contributed by atoms with van der Waals surface area (Å²) in [6.45, 7) is 1.91. The molecule has 4 fully saturated rings. The first-order valence-electron chi connectivity index (χ1n) is 27.4. The Balaban J connectivity index is 0.000000209. The molecule has 6 atom stereocenters. The van der Waals surface area contributed by atoms with Crippen LogP contribution in [0.4, 0.5) is 46.5 Å². The minimum absolute atomic E-state index is 0.0240. The number of hydrogen-bond acceptors (Lipinski definition) is 11. The van der Waals surface area contributed by atoms with Crippen molar-refractivity contribution in [3.8, 4) is 23.0 Å². The van der Waals surface area contributed by atoms with Crippen molar-refractivity contribution in [1.29, 1.82) is 0 Å². The minimum atomic E-state index is -4.98. The largest absolute Gasteiger partial charge is 0.573 e. The summed E-state index contributed by atoms with van der Waals surface area (Å²) in [4.78, 5) is 84.4. The van der Waals surface area contributed by atoms with Gasteiger partial charge in [-0.25, -0.2) is 8.78 Å². The zero-order chi connectivity index (χ0) is 61.8. The lowest BCUT2D eigenvalue weighted by atomic mass is 9.81. The van der Waals surface area contributed by atoms with Gasteiger partial charge in [-0.05, 0) is 119 Å². The highest BCUT2D eigenvalue weighted by Crippen LogP contribution is 2.55. The van der Waals surface area contributed by atoms with Crippen LogP contribution in [0.1, 0.15) is 141 Å². The molecule has 10 rings (SSSR count). The number of phenols is 1. The quantitative estimate of drug-likeness (QED) is 0.0613. The summed E-state index contributed by atoms with van der Waals surface area (Å²) in [7, 11) is 1.24. The zero-order valence-corrected chi connectivity index (χ0v) is 50.4. The highest BCUT2D eigenvalue weighted by molar-refractivity contribution is 9.69. The summed E-state index contributed by atoms with van der Waals surface area (Å²) in [5.74, 6) is -6.94. The van der Waals surface area contributed by atoms with Crippen LogP contribution in [0.25, 0.3) is 0 Å². The third-order valence-electron chi connectivity index (χ3n) is 15.6. The number of benzene rings is 4. The molecule has 2 N–H and O–H groups in total. The maximum absolute atomic E-state index is 14.8. The third kappa shape index (κ3) is 15.7. The van der Waals surface area contributed by atoms with E-state index in [9.17, 15) is 69.0 Å². The molecule has 4 aliphatic carbocycles. The summed E-state index contributed by atoms with van der Waals surface area (Å²) in [6.07, 6.45) is -3.54. The molecule has 85 heavy (non-hydrogen) atoms. The van der Waals surface area contributed by atoms with Crippen LogP contribution in [0.5, 0.6) is 23.0 Å². The molecule has 0 unspecified atom stereocenters. The number of amides is 4. The van der Waals surface area contributed by atoms with Crippen LogP contribution in [-0.2, 0) is 23.9 Å². The van der Waals surface area contributed by atoms with Crippen molar-refractivity contribution >= 4 is 97.4 Å². The molecule has 458 valence electrons. The van der Waals surface area contributed by atoms with Gasteiger partial charge in [-0.1, -0.05) is 12.8 Å². The topological polar surface area (TPSA) is 193 Å². The van der Waals surface area contributed by atoms with Gasteiger partial charge in [0.15, 0.2) is 0 Å². The molecule has 0 bridgehead atoms. The molecule has 4 aromatic carbocycles. The molecule has 0 aromatic heterocycles. The molecular formula is C57H58BBr3F8N4O12. The number of nitrogens with zero attached hydrogens (tertiary/aromatic N) is 4. The molecule has 28 heteroatoms. The second-order valence-electron chi connectivity index (χ2n) is 21.1. The van der Waals surface area contributed by atoms with E-state index in [1.807, 2.05) is 0 Å². The summed E-state index contributed by atoms with van der Waals surface area (Å²) < 4.78 is 124. The van der Waals surface area contributed by atoms with Crippen LogP contribution in [0.15, 0.2) is 72.8 Å². The van der Waals surface area contributed by atoms with Gasteiger partial charge in [0.05, 0.1) is 49.8 Å². The van der Waals surface area contributed by atoms with E-state index in [0.29, 0.717) is 60.7 Å². The summed E-state index contributed by atoms with van der Waals surface area (Å²) in [6, 6.07) is 11.9. The van der Waals surface area contributed by atoms with E-state index in [-0.39, 0.29) is 94.1 Å². The van der Waals surface area contributed by atoms with Crippen LogP contribution < -0.4 is 24.0 Å². The molecule has 2 heterocycles. The van der Waals surface area contributed by atoms with Gasteiger partial charge in [0.2, 0.25) is 11.8 Å². The normalized spacial score (nSPS) is 21.0. The van der Waals surface area contributed by atoms with Crippen molar-refractivity contribution in [2.24, 2.45) is 11.8 Å². The Bertz CT molecular complexity index is 3150. The average molecular weight is 1390 g/mol. The number of anilines is 2.